The van der Waals surface area contributed by atoms with E-state index in [1.165, 1.54) is 19.3 Å². The van der Waals surface area contributed by atoms with Crippen molar-refractivity contribution in [3.05, 3.63) is 82.1 Å². The fourth-order valence-electron chi connectivity index (χ4n) is 5.64. The van der Waals surface area contributed by atoms with Crippen LogP contribution in [0, 0.1) is 6.92 Å². The van der Waals surface area contributed by atoms with Crippen LogP contribution in [0.1, 0.15) is 52.5 Å². The minimum absolute atomic E-state index is 0.142. The van der Waals surface area contributed by atoms with Crippen LogP contribution < -0.4 is 10.1 Å². The predicted octanol–water partition coefficient (Wildman–Crippen LogP) is 4.57. The maximum Gasteiger partial charge on any atom is 0.196 e. The summed E-state index contributed by atoms with van der Waals surface area (Å²) in [6.07, 6.45) is 5.12. The van der Waals surface area contributed by atoms with Crippen LogP contribution >= 0.6 is 0 Å². The molecule has 2 heterocycles. The van der Waals surface area contributed by atoms with Crippen molar-refractivity contribution in [2.75, 3.05) is 19.6 Å². The van der Waals surface area contributed by atoms with Crippen molar-refractivity contribution in [2.24, 2.45) is 4.99 Å². The number of rotatable bonds is 4. The van der Waals surface area contributed by atoms with Gasteiger partial charge in [-0.25, -0.2) is 4.99 Å². The Morgan fingerprint density at radius 1 is 1.03 bits per heavy atom. The van der Waals surface area contributed by atoms with Crippen LogP contribution in [0.15, 0.2) is 70.4 Å². The van der Waals surface area contributed by atoms with Crippen LogP contribution in [0.4, 0.5) is 5.69 Å². The number of carbonyl (C=O) groups is 2. The van der Waals surface area contributed by atoms with Crippen molar-refractivity contribution in [1.29, 1.82) is 0 Å². The highest BCUT2D eigenvalue weighted by atomic mass is 16.5. The molecule has 0 aromatic heterocycles. The van der Waals surface area contributed by atoms with Gasteiger partial charge in [0.05, 0.1) is 16.9 Å². The van der Waals surface area contributed by atoms with Crippen molar-refractivity contribution in [1.82, 2.24) is 10.2 Å². The van der Waals surface area contributed by atoms with Gasteiger partial charge in [-0.1, -0.05) is 42.8 Å². The number of para-hydroxylation sites is 1. The molecule has 35 heavy (non-hydrogen) atoms. The number of aryl methyl sites for hydroxylation is 1. The number of ketones is 2. The second kappa shape index (κ2) is 8.61. The molecule has 2 aromatic rings. The molecule has 178 valence electrons. The zero-order valence-electron chi connectivity index (χ0n) is 20.1. The van der Waals surface area contributed by atoms with E-state index in [0.29, 0.717) is 57.7 Å². The molecule has 0 amide bonds. The SMILES string of the molecule is Cc1cccc2c1N=C1C3=C(C(=O)c4ccccc4C3=O)C(NCCN3CCCC[C@H]3C)=CC1O2. The fourth-order valence-corrected chi connectivity index (χ4v) is 5.64. The number of piperidine rings is 1. The standard InChI is InChI=1S/C29H29N3O3/c1-17-8-7-12-22-26(17)31-27-23(35-22)16-21(30-13-15-32-14-6-5-9-18(32)2)24-25(27)29(34)20-11-4-3-10-19(20)28(24)33/h3-4,7-8,10-12,16,18,23,30H,5-6,9,13-15H2,1-2H3/t18-,23?/m1/s1. The summed E-state index contributed by atoms with van der Waals surface area (Å²) >= 11 is 0. The van der Waals surface area contributed by atoms with Gasteiger partial charge in [0.15, 0.2) is 17.7 Å². The van der Waals surface area contributed by atoms with E-state index in [4.69, 9.17) is 9.73 Å². The van der Waals surface area contributed by atoms with Crippen LogP contribution in [0.3, 0.4) is 0 Å². The summed E-state index contributed by atoms with van der Waals surface area (Å²) in [5.74, 6) is 0.379. The van der Waals surface area contributed by atoms with E-state index in [1.54, 1.807) is 24.3 Å². The Morgan fingerprint density at radius 3 is 2.57 bits per heavy atom. The number of allylic oxidation sites excluding steroid dienone is 1. The van der Waals surface area contributed by atoms with Gasteiger partial charge in [-0.2, -0.15) is 0 Å². The first-order chi connectivity index (χ1) is 17.0. The van der Waals surface area contributed by atoms with E-state index >= 15 is 0 Å². The number of fused-ring (bicyclic) bond motifs is 4. The summed E-state index contributed by atoms with van der Waals surface area (Å²) in [4.78, 5) is 34.8. The van der Waals surface area contributed by atoms with Crippen LogP contribution in [0.2, 0.25) is 0 Å². The first-order valence-electron chi connectivity index (χ1n) is 12.5. The van der Waals surface area contributed by atoms with Crippen molar-refractivity contribution in [2.45, 2.75) is 45.3 Å². The Labute approximate surface area is 205 Å². The normalized spacial score (nSPS) is 23.4. The summed E-state index contributed by atoms with van der Waals surface area (Å²) in [6, 6.07) is 13.4. The molecule has 6 nitrogen and oxygen atoms in total. The molecule has 0 radical (unpaired) electrons. The van der Waals surface area contributed by atoms with Crippen molar-refractivity contribution in [3.8, 4) is 5.75 Å². The Hall–Kier alpha value is -3.51. The van der Waals surface area contributed by atoms with Gasteiger partial charge in [0.1, 0.15) is 11.4 Å². The Kier molecular flexibility index (Phi) is 5.41. The summed E-state index contributed by atoms with van der Waals surface area (Å²) in [6.45, 7) is 6.91. The number of hydrogen-bond donors (Lipinski definition) is 1. The first kappa shape index (κ1) is 22.0. The van der Waals surface area contributed by atoms with Gasteiger partial charge in [0, 0.05) is 36.0 Å². The van der Waals surface area contributed by atoms with E-state index < -0.39 is 6.10 Å². The van der Waals surface area contributed by atoms with E-state index in [2.05, 4.69) is 17.1 Å². The second-order valence-corrected chi connectivity index (χ2v) is 9.80. The lowest BCUT2D eigenvalue weighted by Gasteiger charge is -2.35. The topological polar surface area (TPSA) is 71.0 Å². The molecule has 6 rings (SSSR count). The zero-order chi connectivity index (χ0) is 24.1. The van der Waals surface area contributed by atoms with E-state index in [-0.39, 0.29) is 11.6 Å². The van der Waals surface area contributed by atoms with Crippen molar-refractivity contribution >= 4 is 23.0 Å². The number of benzene rings is 2. The van der Waals surface area contributed by atoms with Crippen LogP contribution in [-0.4, -0.2) is 54.0 Å². The molecule has 2 aromatic carbocycles. The molecule has 2 aliphatic heterocycles. The molecule has 0 saturated carbocycles. The average molecular weight is 468 g/mol. The van der Waals surface area contributed by atoms with Gasteiger partial charge in [-0.3, -0.25) is 14.5 Å². The van der Waals surface area contributed by atoms with Gasteiger partial charge in [-0.15, -0.1) is 0 Å². The minimum atomic E-state index is -0.526. The number of carbonyl (C=O) groups excluding carboxylic acids is 2. The Balaban J connectivity index is 1.40. The summed E-state index contributed by atoms with van der Waals surface area (Å²) < 4.78 is 6.33. The Bertz CT molecular complexity index is 1340. The molecule has 0 spiro atoms. The highest BCUT2D eigenvalue weighted by molar-refractivity contribution is 6.40. The number of nitrogens with zero attached hydrogens (tertiary/aromatic N) is 2. The number of nitrogens with one attached hydrogen (secondary N) is 1. The minimum Gasteiger partial charge on any atom is -0.478 e. The molecule has 1 saturated heterocycles. The predicted molar refractivity (Wildman–Crippen MR) is 136 cm³/mol. The number of hydrogen-bond acceptors (Lipinski definition) is 6. The third kappa shape index (κ3) is 3.64. The highest BCUT2D eigenvalue weighted by Gasteiger charge is 2.43. The monoisotopic (exact) mass is 467 g/mol. The Morgan fingerprint density at radius 2 is 1.80 bits per heavy atom. The lowest BCUT2D eigenvalue weighted by molar-refractivity contribution is 0.0978. The molecule has 6 heteroatoms. The molecule has 0 bridgehead atoms. The molecule has 1 N–H and O–H groups in total. The molecule has 2 aliphatic carbocycles. The number of ether oxygens (including phenoxy) is 1. The highest BCUT2D eigenvalue weighted by Crippen LogP contribution is 2.42. The van der Waals surface area contributed by atoms with Crippen LogP contribution in [-0.2, 0) is 0 Å². The van der Waals surface area contributed by atoms with E-state index in [0.717, 1.165) is 18.7 Å². The van der Waals surface area contributed by atoms with Crippen molar-refractivity contribution in [3.63, 3.8) is 0 Å². The van der Waals surface area contributed by atoms with Gasteiger partial charge in [0.25, 0.3) is 0 Å². The van der Waals surface area contributed by atoms with Gasteiger partial charge in [-0.05, 0) is 50.9 Å². The summed E-state index contributed by atoms with van der Waals surface area (Å²) in [7, 11) is 0. The summed E-state index contributed by atoms with van der Waals surface area (Å²) in [5, 5.41) is 3.49. The zero-order valence-corrected chi connectivity index (χ0v) is 20.1. The maximum atomic E-state index is 13.7. The molecular formula is C29H29N3O3. The fraction of sp³-hybridized carbons (Fsp3) is 0.345. The molecular weight excluding hydrogens is 438 g/mol. The molecule has 1 unspecified atom stereocenters. The molecule has 4 aliphatic rings. The van der Waals surface area contributed by atoms with Gasteiger partial charge < -0.3 is 10.1 Å². The lowest BCUT2D eigenvalue weighted by atomic mass is 9.76. The smallest absolute Gasteiger partial charge is 0.196 e. The average Bonchev–Trinajstić information content (AvgIpc) is 2.87. The number of likely N-dealkylation sites (tertiary alicyclic amines) is 1. The van der Waals surface area contributed by atoms with Crippen LogP contribution in [0.5, 0.6) is 5.75 Å². The number of aliphatic imine (C=N–C) groups is 1. The lowest BCUT2D eigenvalue weighted by Crippen LogP contribution is -2.44. The van der Waals surface area contributed by atoms with Crippen LogP contribution in [0.25, 0.3) is 0 Å². The van der Waals surface area contributed by atoms with Gasteiger partial charge in [0.2, 0.25) is 0 Å². The van der Waals surface area contributed by atoms with Crippen molar-refractivity contribution < 1.29 is 14.3 Å². The van der Waals surface area contributed by atoms with E-state index in [1.807, 2.05) is 31.2 Å². The first-order valence-corrected chi connectivity index (χ1v) is 12.5. The van der Waals surface area contributed by atoms with Gasteiger partial charge >= 0.3 is 0 Å². The third-order valence-corrected chi connectivity index (χ3v) is 7.58. The van der Waals surface area contributed by atoms with E-state index in [9.17, 15) is 9.59 Å². The second-order valence-electron chi connectivity index (χ2n) is 9.80. The molecule has 2 atom stereocenters. The quantitative estimate of drug-likeness (QED) is 0.714. The largest absolute Gasteiger partial charge is 0.478 e. The molecule has 1 fully saturated rings. The third-order valence-electron chi connectivity index (χ3n) is 7.58. The number of Topliss-reactive ketones (excluding diaryl/α,β-unsaturated/α-hetero) is 2. The summed E-state index contributed by atoms with van der Waals surface area (Å²) in [5.41, 5.74) is 4.52. The maximum absolute atomic E-state index is 13.7.